The van der Waals surface area contributed by atoms with Crippen molar-refractivity contribution in [2.24, 2.45) is 22.6 Å². The molecule has 4 aromatic rings. The van der Waals surface area contributed by atoms with Gasteiger partial charge in [0, 0.05) is 75.7 Å². The number of urea groups is 1. The van der Waals surface area contributed by atoms with Crippen LogP contribution in [-0.4, -0.2) is 117 Å². The lowest BCUT2D eigenvalue weighted by Crippen LogP contribution is -2.54. The zero-order valence-corrected chi connectivity index (χ0v) is 46.9. The molecule has 1 aliphatic carbocycles. The van der Waals surface area contributed by atoms with Gasteiger partial charge in [0.25, 0.3) is 17.7 Å². The molecule has 0 radical (unpaired) electrons. The molecule has 8 amide bonds. The maximum Gasteiger partial charge on any atom is 0.312 e. The molecule has 4 atom stereocenters. The molecule has 19 nitrogen and oxygen atoms in total. The monoisotopic (exact) mass is 1120 g/mol. The first-order chi connectivity index (χ1) is 38.8. The van der Waals surface area contributed by atoms with Crippen molar-refractivity contribution in [2.45, 2.75) is 148 Å². The van der Waals surface area contributed by atoms with E-state index in [1.165, 1.54) is 12.2 Å². The molecule has 1 saturated heterocycles. The topological polar surface area (TPSA) is 249 Å². The summed E-state index contributed by atoms with van der Waals surface area (Å²) < 4.78 is 44.0. The largest absolute Gasteiger partial charge is 0.476 e. The Morgan fingerprint density at radius 1 is 0.889 bits per heavy atom. The number of nitrogens with one attached hydrogen (secondary N) is 4. The standard InChI is InChI=1S/C60H76F2N10O9/c1-38(2)53(68-50(73)18-10-7-11-31-71-51(74)25-26-52(71)75)57(77)67-47(16-12-30-64-59(63)79)56(76)65-44-22-19-42(20-23-44)37-81-40(5)69-60(27-28-60)29-32-72(58(78)49-17-13-33-80-49)54(39(3)4)55-66-48(45-34-43(61)21-24-46(45)62)36-70(55)35-41-14-8-6-9-15-41/h6,8-9,14-15,19-26,34,36,38-39,47,49,53-54H,7,10-13,16-18,27-33,35,37H2,1-5H3,(H,65,76)(H,67,77)(H,68,73)(H3,63,64,79). The number of amides is 8. The maximum atomic E-state index is 15.3. The highest BCUT2D eigenvalue weighted by Crippen LogP contribution is 2.45. The Hall–Kier alpha value is -7.81. The number of nitrogens with zero attached hydrogens (tertiary/aromatic N) is 5. The molecule has 3 heterocycles. The molecule has 0 spiro atoms. The second-order valence-electron chi connectivity index (χ2n) is 21.8. The summed E-state index contributed by atoms with van der Waals surface area (Å²) in [5.74, 6) is -2.96. The van der Waals surface area contributed by atoms with Gasteiger partial charge in [-0.25, -0.2) is 23.6 Å². The number of carbonyl (C=O) groups excluding carboxylic acids is 7. The SMILES string of the molecule is CC(=NC1(CCN(C(=O)C2CCCO2)C(c2nc(-c3cc(F)ccc3F)cn2Cc2ccccc2)C(C)C)CC1)OCc1ccc(NC(=O)C(CCCNC(N)=O)NC(=O)C(NC(=O)CCCCCN2C(=O)C=CC2=O)C(C)C)cc1. The molecule has 2 fully saturated rings. The number of nitrogens with two attached hydrogens (primary N) is 1. The first-order valence-corrected chi connectivity index (χ1v) is 28.0. The van der Waals surface area contributed by atoms with Gasteiger partial charge in [0.2, 0.25) is 17.7 Å². The number of anilines is 1. The van der Waals surface area contributed by atoms with E-state index in [0.717, 1.165) is 53.5 Å². The van der Waals surface area contributed by atoms with Crippen molar-refractivity contribution >= 4 is 53.1 Å². The van der Waals surface area contributed by atoms with Crippen molar-refractivity contribution in [2.75, 3.05) is 31.6 Å². The summed E-state index contributed by atoms with van der Waals surface area (Å²) >= 11 is 0. The van der Waals surface area contributed by atoms with Gasteiger partial charge in [0.1, 0.15) is 42.3 Å². The average Bonchev–Trinajstić information content (AvgIpc) is 3.68. The first-order valence-electron chi connectivity index (χ1n) is 28.0. The fourth-order valence-electron chi connectivity index (χ4n) is 10.1. The van der Waals surface area contributed by atoms with Crippen LogP contribution in [0.25, 0.3) is 11.3 Å². The number of rotatable bonds is 29. The van der Waals surface area contributed by atoms with E-state index in [1.807, 2.05) is 53.6 Å². The highest BCUT2D eigenvalue weighted by molar-refractivity contribution is 6.12. The van der Waals surface area contributed by atoms with E-state index < -0.39 is 59.2 Å². The van der Waals surface area contributed by atoms with Gasteiger partial charge in [-0.3, -0.25) is 33.7 Å². The van der Waals surface area contributed by atoms with Crippen LogP contribution in [0, 0.1) is 23.5 Å². The Morgan fingerprint density at radius 2 is 1.62 bits per heavy atom. The summed E-state index contributed by atoms with van der Waals surface area (Å²) in [7, 11) is 0. The molecule has 2 aliphatic heterocycles. The molecule has 81 heavy (non-hydrogen) atoms. The predicted octanol–water partition coefficient (Wildman–Crippen LogP) is 7.64. The minimum absolute atomic E-state index is 0.0266. The van der Waals surface area contributed by atoms with Gasteiger partial charge >= 0.3 is 6.03 Å². The summed E-state index contributed by atoms with van der Waals surface area (Å²) in [4.78, 5) is 103. The van der Waals surface area contributed by atoms with Crippen LogP contribution in [0.5, 0.6) is 0 Å². The Labute approximate surface area is 471 Å². The molecule has 1 saturated carbocycles. The van der Waals surface area contributed by atoms with E-state index >= 15 is 4.39 Å². The summed E-state index contributed by atoms with van der Waals surface area (Å²) in [5.41, 5.74) is 7.26. The van der Waals surface area contributed by atoms with Crippen LogP contribution in [-0.2, 0) is 51.4 Å². The number of unbranched alkanes of at least 4 members (excludes halogenated alkanes) is 2. The van der Waals surface area contributed by atoms with Crippen molar-refractivity contribution in [1.29, 1.82) is 0 Å². The predicted molar refractivity (Wildman–Crippen MR) is 301 cm³/mol. The van der Waals surface area contributed by atoms with E-state index in [9.17, 15) is 38.0 Å². The number of primary amides is 1. The van der Waals surface area contributed by atoms with Crippen LogP contribution in [0.15, 0.2) is 96.1 Å². The van der Waals surface area contributed by atoms with Gasteiger partial charge < -0.3 is 45.9 Å². The van der Waals surface area contributed by atoms with Crippen molar-refractivity contribution in [3.05, 3.63) is 120 Å². The van der Waals surface area contributed by atoms with Gasteiger partial charge in [-0.2, -0.15) is 0 Å². The van der Waals surface area contributed by atoms with E-state index in [2.05, 4.69) is 21.3 Å². The van der Waals surface area contributed by atoms with Crippen LogP contribution in [0.1, 0.15) is 128 Å². The van der Waals surface area contributed by atoms with Crippen LogP contribution < -0.4 is 27.0 Å². The Bertz CT molecular complexity index is 2900. The van der Waals surface area contributed by atoms with Crippen molar-refractivity contribution in [3.63, 3.8) is 0 Å². The van der Waals surface area contributed by atoms with Crippen LogP contribution in [0.3, 0.4) is 0 Å². The summed E-state index contributed by atoms with van der Waals surface area (Å²) in [6, 6.07) is 16.8. The molecule has 21 heteroatoms. The van der Waals surface area contributed by atoms with Crippen molar-refractivity contribution in [3.8, 4) is 11.3 Å². The number of aromatic nitrogens is 2. The molecule has 3 aliphatic rings. The lowest BCUT2D eigenvalue weighted by Gasteiger charge is -2.36. The number of imide groups is 1. The number of hydrogen-bond acceptors (Lipinski definition) is 11. The maximum absolute atomic E-state index is 15.3. The zero-order chi connectivity index (χ0) is 58.2. The molecule has 7 rings (SSSR count). The van der Waals surface area contributed by atoms with Crippen molar-refractivity contribution in [1.82, 2.24) is 35.3 Å². The molecule has 3 aromatic carbocycles. The zero-order valence-electron chi connectivity index (χ0n) is 46.9. The number of aliphatic imine (C=N–C) groups is 1. The second kappa shape index (κ2) is 28.6. The third kappa shape index (κ3) is 17.3. The van der Waals surface area contributed by atoms with Crippen molar-refractivity contribution < 1.29 is 51.8 Å². The lowest BCUT2D eigenvalue weighted by atomic mass is 9.98. The van der Waals surface area contributed by atoms with Crippen LogP contribution in [0.2, 0.25) is 0 Å². The number of benzene rings is 3. The normalized spacial score (nSPS) is 16.8. The lowest BCUT2D eigenvalue weighted by molar-refractivity contribution is -0.145. The quantitative estimate of drug-likeness (QED) is 0.0154. The fourth-order valence-corrected chi connectivity index (χ4v) is 10.1. The molecule has 1 aromatic heterocycles. The minimum atomic E-state index is -1.04. The number of ether oxygens (including phenoxy) is 2. The Balaban J connectivity index is 0.969. The fraction of sp³-hybridized carbons (Fsp3) is 0.483. The summed E-state index contributed by atoms with van der Waals surface area (Å²) in [6.07, 6.45) is 9.13. The highest BCUT2D eigenvalue weighted by Gasteiger charge is 2.45. The second-order valence-corrected chi connectivity index (χ2v) is 21.8. The van der Waals surface area contributed by atoms with E-state index in [1.54, 1.807) is 51.2 Å². The highest BCUT2D eigenvalue weighted by atomic mass is 19.1. The molecule has 4 unspecified atom stereocenters. The smallest absolute Gasteiger partial charge is 0.312 e. The van der Waals surface area contributed by atoms with Gasteiger partial charge in [0.15, 0.2) is 5.90 Å². The molecular weight excluding hydrogens is 1040 g/mol. The third-order valence-corrected chi connectivity index (χ3v) is 14.7. The summed E-state index contributed by atoms with van der Waals surface area (Å²) in [5, 5.41) is 10.9. The molecule has 0 bridgehead atoms. The number of hydrogen-bond donors (Lipinski definition) is 5. The first kappa shape index (κ1) is 60.8. The van der Waals surface area contributed by atoms with E-state index in [0.29, 0.717) is 75.6 Å². The van der Waals surface area contributed by atoms with Gasteiger partial charge in [-0.1, -0.05) is 76.6 Å². The third-order valence-electron chi connectivity index (χ3n) is 14.7. The van der Waals surface area contributed by atoms with Crippen LogP contribution >= 0.6 is 0 Å². The van der Waals surface area contributed by atoms with Gasteiger partial charge in [0.05, 0.1) is 17.3 Å². The van der Waals surface area contributed by atoms with Gasteiger partial charge in [-0.15, -0.1) is 0 Å². The van der Waals surface area contributed by atoms with E-state index in [-0.39, 0.29) is 79.3 Å². The van der Waals surface area contributed by atoms with Crippen LogP contribution in [0.4, 0.5) is 19.3 Å². The number of carbonyl (C=O) groups is 7. The number of imidazole rings is 1. The average molecular weight is 1120 g/mol. The summed E-state index contributed by atoms with van der Waals surface area (Å²) in [6.45, 7) is 11.2. The Kier molecular flexibility index (Phi) is 21.4. The Morgan fingerprint density at radius 3 is 2.27 bits per heavy atom. The van der Waals surface area contributed by atoms with Gasteiger partial charge in [-0.05, 0) is 111 Å². The molecular formula is C60H76F2N10O9. The minimum Gasteiger partial charge on any atom is -0.476 e. The molecule has 6 N–H and O–H groups in total. The number of halogens is 2. The van der Waals surface area contributed by atoms with E-state index in [4.69, 9.17) is 25.2 Å². The molecule has 434 valence electrons.